The Bertz CT molecular complexity index is 1110. The van der Waals surface area contributed by atoms with Gasteiger partial charge in [-0.15, -0.1) is 0 Å². The molecule has 0 radical (unpaired) electrons. The third-order valence-electron chi connectivity index (χ3n) is 4.97. The van der Waals surface area contributed by atoms with Gasteiger partial charge in [-0.25, -0.2) is 22.9 Å². The van der Waals surface area contributed by atoms with Crippen molar-refractivity contribution >= 4 is 11.7 Å². The summed E-state index contributed by atoms with van der Waals surface area (Å²) in [5, 5.41) is 4.65. The van der Waals surface area contributed by atoms with Crippen LogP contribution in [0.4, 0.5) is 23.7 Å². The number of fused-ring (bicyclic) bond motifs is 1. The maximum Gasteiger partial charge on any atom is 0.320 e. The number of alkyl halides is 2. The summed E-state index contributed by atoms with van der Waals surface area (Å²) >= 11 is 0. The molecule has 1 aliphatic heterocycles. The van der Waals surface area contributed by atoms with Gasteiger partial charge in [0.25, 0.3) is 11.5 Å². The van der Waals surface area contributed by atoms with Crippen molar-refractivity contribution in [3.63, 3.8) is 0 Å². The molecule has 2 amide bonds. The standard InChI is InChI=1S/C20H17F3N4O2/c1-19(22,23)20(6-4-12-2-3-12)14-9-15(21)13(8-16(14)25-18(29)26-20)10-27-11-24-7-5-17(27)28/h5,7-9,11-12H,2-3,10H2,1H3,(H2,25,26,29)/t20-/m0/s1. The van der Waals surface area contributed by atoms with Gasteiger partial charge in [-0.3, -0.25) is 9.36 Å². The number of aromatic nitrogens is 2. The quantitative estimate of drug-likeness (QED) is 0.776. The van der Waals surface area contributed by atoms with Crippen molar-refractivity contribution < 1.29 is 18.0 Å². The molecule has 2 aromatic rings. The van der Waals surface area contributed by atoms with Crippen molar-refractivity contribution in [3.05, 3.63) is 58.0 Å². The molecule has 29 heavy (non-hydrogen) atoms. The molecule has 1 aliphatic carbocycles. The van der Waals surface area contributed by atoms with Crippen LogP contribution >= 0.6 is 0 Å². The van der Waals surface area contributed by atoms with Crippen molar-refractivity contribution in [2.45, 2.75) is 37.8 Å². The summed E-state index contributed by atoms with van der Waals surface area (Å²) < 4.78 is 45.4. The van der Waals surface area contributed by atoms with Gasteiger partial charge in [0, 0.05) is 41.9 Å². The summed E-state index contributed by atoms with van der Waals surface area (Å²) in [6.07, 6.45) is 4.17. The summed E-state index contributed by atoms with van der Waals surface area (Å²) in [6.45, 7) is 0.476. The van der Waals surface area contributed by atoms with Crippen LogP contribution in [0, 0.1) is 23.6 Å². The molecule has 0 unspecified atom stereocenters. The third-order valence-corrected chi connectivity index (χ3v) is 4.97. The molecule has 1 aromatic carbocycles. The van der Waals surface area contributed by atoms with Crippen LogP contribution in [-0.2, 0) is 12.1 Å². The van der Waals surface area contributed by atoms with Crippen LogP contribution in [0.3, 0.4) is 0 Å². The fourth-order valence-corrected chi connectivity index (χ4v) is 3.22. The Balaban J connectivity index is 1.84. The third kappa shape index (κ3) is 3.46. The SMILES string of the molecule is CC(F)(F)[C@@]1(C#CC2CC2)NC(=O)Nc2cc(Cn3cnccc3=O)c(F)cc21. The average Bonchev–Trinajstić information content (AvgIpc) is 3.46. The van der Waals surface area contributed by atoms with Gasteiger partial charge < -0.3 is 10.6 Å². The summed E-state index contributed by atoms with van der Waals surface area (Å²) in [5.41, 5.74) is -2.83. The van der Waals surface area contributed by atoms with E-state index in [1.54, 1.807) is 0 Å². The molecule has 0 spiro atoms. The van der Waals surface area contributed by atoms with Crippen LogP contribution < -0.4 is 16.2 Å². The van der Waals surface area contributed by atoms with E-state index in [1.807, 2.05) is 0 Å². The number of hydrogen-bond acceptors (Lipinski definition) is 3. The predicted octanol–water partition coefficient (Wildman–Crippen LogP) is 2.83. The average molecular weight is 402 g/mol. The lowest BCUT2D eigenvalue weighted by Gasteiger charge is -2.40. The number of urea groups is 1. The van der Waals surface area contributed by atoms with Crippen molar-refractivity contribution in [2.24, 2.45) is 5.92 Å². The minimum Gasteiger partial charge on any atom is -0.312 e. The van der Waals surface area contributed by atoms with Gasteiger partial charge in [0.15, 0.2) is 5.54 Å². The van der Waals surface area contributed by atoms with E-state index in [-0.39, 0.29) is 29.3 Å². The molecule has 1 fully saturated rings. The van der Waals surface area contributed by atoms with Gasteiger partial charge in [0.2, 0.25) is 0 Å². The van der Waals surface area contributed by atoms with E-state index < -0.39 is 28.9 Å². The van der Waals surface area contributed by atoms with E-state index >= 15 is 0 Å². The second-order valence-corrected chi connectivity index (χ2v) is 7.30. The Morgan fingerprint density at radius 1 is 1.34 bits per heavy atom. The highest BCUT2D eigenvalue weighted by atomic mass is 19.3. The molecule has 2 N–H and O–H groups in total. The highest BCUT2D eigenvalue weighted by Gasteiger charge is 2.55. The maximum atomic E-state index is 14.9. The number of carbonyl (C=O) groups excluding carboxylic acids is 1. The van der Waals surface area contributed by atoms with Crippen molar-refractivity contribution in [1.29, 1.82) is 0 Å². The monoisotopic (exact) mass is 402 g/mol. The Morgan fingerprint density at radius 3 is 2.76 bits per heavy atom. The van der Waals surface area contributed by atoms with E-state index in [2.05, 4.69) is 27.5 Å². The van der Waals surface area contributed by atoms with E-state index in [1.165, 1.54) is 29.2 Å². The van der Waals surface area contributed by atoms with Crippen LogP contribution in [-0.4, -0.2) is 21.5 Å². The molecular weight excluding hydrogens is 385 g/mol. The zero-order valence-electron chi connectivity index (χ0n) is 15.4. The molecule has 2 aliphatic rings. The van der Waals surface area contributed by atoms with Gasteiger partial charge >= 0.3 is 6.03 Å². The van der Waals surface area contributed by atoms with Crippen molar-refractivity contribution in [1.82, 2.24) is 14.9 Å². The molecular formula is C20H17F3N4O2. The Hall–Kier alpha value is -3.28. The molecule has 9 heteroatoms. The smallest absolute Gasteiger partial charge is 0.312 e. The number of carbonyl (C=O) groups is 1. The molecule has 6 nitrogen and oxygen atoms in total. The van der Waals surface area contributed by atoms with E-state index in [0.29, 0.717) is 6.92 Å². The molecule has 1 atom stereocenters. The number of benzene rings is 1. The van der Waals surface area contributed by atoms with E-state index in [9.17, 15) is 22.8 Å². The maximum absolute atomic E-state index is 14.9. The number of anilines is 1. The number of nitrogens with zero attached hydrogens (tertiary/aromatic N) is 2. The number of hydrogen-bond donors (Lipinski definition) is 2. The number of rotatable bonds is 3. The highest BCUT2D eigenvalue weighted by Crippen LogP contribution is 2.44. The first-order chi connectivity index (χ1) is 13.7. The molecule has 1 saturated carbocycles. The fraction of sp³-hybridized carbons (Fsp3) is 0.350. The van der Waals surface area contributed by atoms with Crippen LogP contribution in [0.25, 0.3) is 0 Å². The number of amides is 2. The minimum atomic E-state index is -3.48. The Labute approximate surface area is 164 Å². The fourth-order valence-electron chi connectivity index (χ4n) is 3.22. The number of nitrogens with one attached hydrogen (secondary N) is 2. The normalized spacial score (nSPS) is 20.8. The van der Waals surface area contributed by atoms with Crippen LogP contribution in [0.15, 0.2) is 35.5 Å². The second-order valence-electron chi connectivity index (χ2n) is 7.30. The van der Waals surface area contributed by atoms with Crippen LogP contribution in [0.5, 0.6) is 0 Å². The molecule has 150 valence electrons. The van der Waals surface area contributed by atoms with Gasteiger partial charge in [0.05, 0.1) is 12.9 Å². The minimum absolute atomic E-state index is 0.00559. The zero-order valence-corrected chi connectivity index (χ0v) is 15.4. The molecule has 1 aromatic heterocycles. The Morgan fingerprint density at radius 2 is 2.10 bits per heavy atom. The molecule has 0 saturated heterocycles. The predicted molar refractivity (Wildman–Crippen MR) is 99.0 cm³/mol. The summed E-state index contributed by atoms with van der Waals surface area (Å²) in [5.74, 6) is 1.03. The molecule has 2 heterocycles. The second kappa shape index (κ2) is 6.65. The lowest BCUT2D eigenvalue weighted by molar-refractivity contribution is -0.0465. The zero-order chi connectivity index (χ0) is 20.8. The van der Waals surface area contributed by atoms with Crippen LogP contribution in [0.1, 0.15) is 30.9 Å². The largest absolute Gasteiger partial charge is 0.320 e. The topological polar surface area (TPSA) is 76.0 Å². The summed E-state index contributed by atoms with van der Waals surface area (Å²) in [4.78, 5) is 27.9. The first kappa shape index (κ1) is 19.1. The lowest BCUT2D eigenvalue weighted by Crippen LogP contribution is -2.59. The van der Waals surface area contributed by atoms with Crippen molar-refractivity contribution in [3.8, 4) is 11.8 Å². The summed E-state index contributed by atoms with van der Waals surface area (Å²) in [7, 11) is 0. The highest BCUT2D eigenvalue weighted by molar-refractivity contribution is 5.95. The first-order valence-corrected chi connectivity index (χ1v) is 9.03. The van der Waals surface area contributed by atoms with Gasteiger partial charge in [0.1, 0.15) is 5.82 Å². The number of halogens is 3. The van der Waals surface area contributed by atoms with Crippen molar-refractivity contribution in [2.75, 3.05) is 5.32 Å². The van der Waals surface area contributed by atoms with Gasteiger partial charge in [-0.2, -0.15) is 0 Å². The van der Waals surface area contributed by atoms with Gasteiger partial charge in [-0.1, -0.05) is 11.8 Å². The molecule has 4 rings (SSSR count). The summed E-state index contributed by atoms with van der Waals surface area (Å²) in [6, 6.07) is 2.55. The van der Waals surface area contributed by atoms with E-state index in [0.717, 1.165) is 18.9 Å². The first-order valence-electron chi connectivity index (χ1n) is 9.03. The Kier molecular flexibility index (Phi) is 4.37. The molecule has 0 bridgehead atoms. The van der Waals surface area contributed by atoms with E-state index in [4.69, 9.17) is 0 Å². The lowest BCUT2D eigenvalue weighted by atomic mass is 9.81. The van der Waals surface area contributed by atoms with Crippen LogP contribution in [0.2, 0.25) is 0 Å². The van der Waals surface area contributed by atoms with Gasteiger partial charge in [-0.05, 0) is 25.0 Å².